The van der Waals surface area contributed by atoms with Crippen molar-refractivity contribution in [3.8, 4) is 0 Å². The lowest BCUT2D eigenvalue weighted by molar-refractivity contribution is -0.139. The SMILES string of the molecule is C[C@H](NC(=O)NCCNC(=O)N[C@@H](C)C(=O)O)C(=O)O. The molecular weight excluding hydrogens is 272 g/mol. The Labute approximate surface area is 114 Å². The fraction of sp³-hybridized carbons (Fsp3) is 0.600. The number of urea groups is 2. The Morgan fingerprint density at radius 1 is 0.800 bits per heavy atom. The minimum Gasteiger partial charge on any atom is -0.480 e. The van der Waals surface area contributed by atoms with Gasteiger partial charge in [0.2, 0.25) is 0 Å². The number of nitrogens with one attached hydrogen (secondary N) is 4. The van der Waals surface area contributed by atoms with Gasteiger partial charge in [-0.25, -0.2) is 9.59 Å². The van der Waals surface area contributed by atoms with Crippen LogP contribution in [0.1, 0.15) is 13.8 Å². The molecule has 0 spiro atoms. The molecule has 0 aromatic heterocycles. The molecule has 0 aliphatic carbocycles. The molecule has 4 amide bonds. The average molecular weight is 290 g/mol. The van der Waals surface area contributed by atoms with Crippen LogP contribution >= 0.6 is 0 Å². The Hall–Kier alpha value is -2.52. The first-order valence-electron chi connectivity index (χ1n) is 5.78. The van der Waals surface area contributed by atoms with E-state index in [2.05, 4.69) is 21.3 Å². The molecule has 0 bridgehead atoms. The number of carbonyl (C=O) groups is 4. The molecule has 0 radical (unpaired) electrons. The zero-order chi connectivity index (χ0) is 15.7. The van der Waals surface area contributed by atoms with Crippen molar-refractivity contribution in [1.29, 1.82) is 0 Å². The molecule has 0 rings (SSSR count). The van der Waals surface area contributed by atoms with E-state index in [9.17, 15) is 19.2 Å². The molecule has 10 heteroatoms. The van der Waals surface area contributed by atoms with Gasteiger partial charge in [0.1, 0.15) is 12.1 Å². The van der Waals surface area contributed by atoms with Gasteiger partial charge < -0.3 is 31.5 Å². The summed E-state index contributed by atoms with van der Waals surface area (Å²) in [5, 5.41) is 26.1. The lowest BCUT2D eigenvalue weighted by Gasteiger charge is -2.12. The molecule has 0 fully saturated rings. The number of hydrogen-bond acceptors (Lipinski definition) is 4. The van der Waals surface area contributed by atoms with Crippen molar-refractivity contribution in [2.45, 2.75) is 25.9 Å². The Morgan fingerprint density at radius 2 is 1.10 bits per heavy atom. The maximum atomic E-state index is 11.2. The summed E-state index contributed by atoms with van der Waals surface area (Å²) in [6.45, 7) is 2.74. The fourth-order valence-corrected chi connectivity index (χ4v) is 0.971. The summed E-state index contributed by atoms with van der Waals surface area (Å²) >= 11 is 0. The summed E-state index contributed by atoms with van der Waals surface area (Å²) < 4.78 is 0. The third-order valence-electron chi connectivity index (χ3n) is 2.13. The number of carboxylic acids is 2. The predicted octanol–water partition coefficient (Wildman–Crippen LogP) is -1.47. The number of rotatable bonds is 7. The second kappa shape index (κ2) is 8.56. The van der Waals surface area contributed by atoms with Gasteiger partial charge in [-0.05, 0) is 13.8 Å². The first-order chi connectivity index (χ1) is 9.23. The van der Waals surface area contributed by atoms with Crippen LogP contribution in [-0.4, -0.2) is 59.4 Å². The second-order valence-corrected chi connectivity index (χ2v) is 3.92. The molecule has 0 unspecified atom stereocenters. The predicted molar refractivity (Wildman–Crippen MR) is 67.3 cm³/mol. The highest BCUT2D eigenvalue weighted by Gasteiger charge is 2.14. The van der Waals surface area contributed by atoms with E-state index in [1.807, 2.05) is 0 Å². The zero-order valence-corrected chi connectivity index (χ0v) is 11.1. The quantitative estimate of drug-likeness (QED) is 0.314. The first-order valence-corrected chi connectivity index (χ1v) is 5.78. The van der Waals surface area contributed by atoms with E-state index in [1.165, 1.54) is 13.8 Å². The summed E-state index contributed by atoms with van der Waals surface area (Å²) in [7, 11) is 0. The molecule has 114 valence electrons. The molecule has 2 atom stereocenters. The van der Waals surface area contributed by atoms with Crippen LogP contribution in [0.5, 0.6) is 0 Å². The highest BCUT2D eigenvalue weighted by atomic mass is 16.4. The van der Waals surface area contributed by atoms with Crippen molar-refractivity contribution in [2.24, 2.45) is 0 Å². The van der Waals surface area contributed by atoms with Gasteiger partial charge in [-0.2, -0.15) is 0 Å². The Balaban J connectivity index is 3.76. The molecule has 0 aromatic rings. The van der Waals surface area contributed by atoms with Gasteiger partial charge in [-0.3, -0.25) is 9.59 Å². The van der Waals surface area contributed by atoms with Crippen molar-refractivity contribution in [3.63, 3.8) is 0 Å². The van der Waals surface area contributed by atoms with E-state index < -0.39 is 36.1 Å². The van der Waals surface area contributed by atoms with Crippen LogP contribution in [0.2, 0.25) is 0 Å². The maximum absolute atomic E-state index is 11.2. The molecule has 20 heavy (non-hydrogen) atoms. The number of carbonyl (C=O) groups excluding carboxylic acids is 2. The van der Waals surface area contributed by atoms with E-state index in [0.717, 1.165) is 0 Å². The van der Waals surface area contributed by atoms with Crippen LogP contribution in [0.15, 0.2) is 0 Å². The number of carboxylic acid groups (broad SMARTS) is 2. The minimum absolute atomic E-state index is 0.0625. The van der Waals surface area contributed by atoms with Crippen LogP contribution in [0, 0.1) is 0 Å². The van der Waals surface area contributed by atoms with Gasteiger partial charge in [0.15, 0.2) is 0 Å². The van der Waals surface area contributed by atoms with E-state index in [1.54, 1.807) is 0 Å². The molecule has 6 N–H and O–H groups in total. The highest BCUT2D eigenvalue weighted by molar-refractivity contribution is 5.83. The Bertz CT molecular complexity index is 350. The summed E-state index contributed by atoms with van der Waals surface area (Å²) in [6, 6.07) is -3.41. The van der Waals surface area contributed by atoms with E-state index in [4.69, 9.17) is 10.2 Å². The van der Waals surface area contributed by atoms with Crippen molar-refractivity contribution < 1.29 is 29.4 Å². The molecule has 0 aliphatic heterocycles. The Morgan fingerprint density at radius 3 is 1.35 bits per heavy atom. The average Bonchev–Trinajstić information content (AvgIpc) is 2.34. The van der Waals surface area contributed by atoms with Gasteiger partial charge in [0, 0.05) is 13.1 Å². The monoisotopic (exact) mass is 290 g/mol. The lowest BCUT2D eigenvalue weighted by atomic mass is 10.3. The van der Waals surface area contributed by atoms with E-state index >= 15 is 0 Å². The topological polar surface area (TPSA) is 157 Å². The summed E-state index contributed by atoms with van der Waals surface area (Å²) in [5.41, 5.74) is 0. The van der Waals surface area contributed by atoms with Crippen molar-refractivity contribution in [1.82, 2.24) is 21.3 Å². The molecule has 0 saturated heterocycles. The first kappa shape index (κ1) is 17.5. The number of aliphatic carboxylic acids is 2. The minimum atomic E-state index is -1.17. The van der Waals surface area contributed by atoms with E-state index in [0.29, 0.717) is 0 Å². The Kier molecular flexibility index (Phi) is 7.48. The van der Waals surface area contributed by atoms with Crippen LogP contribution in [0.3, 0.4) is 0 Å². The maximum Gasteiger partial charge on any atom is 0.325 e. The largest absolute Gasteiger partial charge is 0.480 e. The van der Waals surface area contributed by atoms with Crippen LogP contribution in [0.25, 0.3) is 0 Å². The summed E-state index contributed by atoms with van der Waals surface area (Å²) in [4.78, 5) is 43.3. The normalized spacial score (nSPS) is 12.7. The van der Waals surface area contributed by atoms with Crippen LogP contribution in [0.4, 0.5) is 9.59 Å². The standard InChI is InChI=1S/C10H18N4O6/c1-5(7(15)16)13-9(19)11-3-4-12-10(20)14-6(2)8(17)18/h5-6H,3-4H2,1-2H3,(H,15,16)(H,17,18)(H2,11,13,19)(H2,12,14,20)/t5-,6-/m0/s1. The summed E-state index contributed by atoms with van der Waals surface area (Å²) in [5.74, 6) is -2.33. The summed E-state index contributed by atoms with van der Waals surface area (Å²) in [6.07, 6.45) is 0. The van der Waals surface area contributed by atoms with Crippen LogP contribution < -0.4 is 21.3 Å². The van der Waals surface area contributed by atoms with Crippen LogP contribution in [-0.2, 0) is 9.59 Å². The fourth-order valence-electron chi connectivity index (χ4n) is 0.971. The molecule has 0 aromatic carbocycles. The highest BCUT2D eigenvalue weighted by Crippen LogP contribution is 1.81. The molecular formula is C10H18N4O6. The van der Waals surface area contributed by atoms with Gasteiger partial charge in [0.25, 0.3) is 0 Å². The zero-order valence-electron chi connectivity index (χ0n) is 11.1. The van der Waals surface area contributed by atoms with E-state index in [-0.39, 0.29) is 13.1 Å². The van der Waals surface area contributed by atoms with Crippen molar-refractivity contribution >= 4 is 24.0 Å². The number of hydrogen-bond donors (Lipinski definition) is 6. The third-order valence-corrected chi connectivity index (χ3v) is 2.13. The molecule has 0 saturated carbocycles. The van der Waals surface area contributed by atoms with Crippen molar-refractivity contribution in [3.05, 3.63) is 0 Å². The van der Waals surface area contributed by atoms with Gasteiger partial charge in [-0.15, -0.1) is 0 Å². The molecule has 10 nitrogen and oxygen atoms in total. The lowest BCUT2D eigenvalue weighted by Crippen LogP contribution is -2.48. The van der Waals surface area contributed by atoms with Gasteiger partial charge in [0.05, 0.1) is 0 Å². The van der Waals surface area contributed by atoms with Gasteiger partial charge in [-0.1, -0.05) is 0 Å². The number of amides is 4. The smallest absolute Gasteiger partial charge is 0.325 e. The second-order valence-electron chi connectivity index (χ2n) is 3.92. The molecule has 0 aliphatic rings. The third kappa shape index (κ3) is 7.74. The van der Waals surface area contributed by atoms with Crippen molar-refractivity contribution in [2.75, 3.05) is 13.1 Å². The molecule has 0 heterocycles. The van der Waals surface area contributed by atoms with Gasteiger partial charge >= 0.3 is 24.0 Å².